The number of nitrogen functional groups attached to an aromatic ring is 1. The van der Waals surface area contributed by atoms with Crippen molar-refractivity contribution in [1.29, 1.82) is 0 Å². The molecule has 1 fully saturated rings. The van der Waals surface area contributed by atoms with Crippen molar-refractivity contribution in [2.75, 3.05) is 19.4 Å². The number of nitrogens with zero attached hydrogens (tertiary/aromatic N) is 4. The zero-order valence-corrected chi connectivity index (χ0v) is 19.4. The normalized spacial score (nSPS) is 19.1. The number of nitrogens with one attached hydrogen (secondary N) is 2. The molecule has 2 aliphatic heterocycles. The number of hydrogen-bond donors (Lipinski definition) is 3. The zero-order valence-electron chi connectivity index (χ0n) is 19.4. The van der Waals surface area contributed by atoms with Crippen LogP contribution >= 0.6 is 0 Å². The average molecular weight is 487 g/mol. The van der Waals surface area contributed by atoms with E-state index < -0.39 is 17.5 Å². The number of methoxy groups -OCH3 is 1. The molecule has 12 heteroatoms. The number of urea groups is 1. The van der Waals surface area contributed by atoms with Crippen LogP contribution < -0.4 is 21.1 Å². The van der Waals surface area contributed by atoms with Crippen LogP contribution in [0.1, 0.15) is 27.4 Å². The van der Waals surface area contributed by atoms with E-state index in [1.54, 1.807) is 41.1 Å². The molecule has 3 aromatic heterocycles. The summed E-state index contributed by atoms with van der Waals surface area (Å²) in [5.41, 5.74) is 7.09. The number of anilines is 1. The van der Waals surface area contributed by atoms with Crippen molar-refractivity contribution in [3.8, 4) is 11.6 Å². The van der Waals surface area contributed by atoms with E-state index in [4.69, 9.17) is 14.9 Å². The minimum Gasteiger partial charge on any atom is -0.497 e. The van der Waals surface area contributed by atoms with Gasteiger partial charge in [-0.05, 0) is 36.8 Å². The van der Waals surface area contributed by atoms with Crippen LogP contribution in [0.25, 0.3) is 16.9 Å². The third-order valence-electron chi connectivity index (χ3n) is 6.47. The number of aryl methyl sites for hydroxylation is 1. The Bertz CT molecular complexity index is 1590. The molecule has 12 nitrogen and oxygen atoms in total. The second kappa shape index (κ2) is 7.57. The molecular formula is C24H21N7O5. The molecule has 1 atom stereocenters. The standard InChI is InChI=1S/C24H21N7O5/c1-12-7-19(25)29-31(12)20-6-5-17-16(26-20)9-18(36-17)24(22(33)27-23(34)28-24)11-30-10-13-3-4-14(35-2)8-15(13)21(30)32/h3-9H,10-11H2,1-2H3,(H2,25,29)(H2,27,28,33,34)/t24-/m0/s1. The number of rotatable bonds is 5. The molecule has 2 aliphatic rings. The molecule has 4 N–H and O–H groups in total. The molecule has 0 unspecified atom stereocenters. The molecule has 4 aromatic rings. The van der Waals surface area contributed by atoms with E-state index in [1.807, 2.05) is 13.0 Å². The Morgan fingerprint density at radius 3 is 2.69 bits per heavy atom. The number of aromatic nitrogens is 3. The van der Waals surface area contributed by atoms with E-state index in [0.29, 0.717) is 34.0 Å². The van der Waals surface area contributed by atoms with Gasteiger partial charge in [0.2, 0.25) is 0 Å². The number of ether oxygens (including phenoxy) is 1. The third kappa shape index (κ3) is 3.18. The summed E-state index contributed by atoms with van der Waals surface area (Å²) in [4.78, 5) is 44.7. The van der Waals surface area contributed by atoms with Crippen molar-refractivity contribution in [2.45, 2.75) is 19.0 Å². The molecule has 0 aliphatic carbocycles. The Morgan fingerprint density at radius 2 is 2.00 bits per heavy atom. The summed E-state index contributed by atoms with van der Waals surface area (Å²) in [5.74, 6) is 0.685. The van der Waals surface area contributed by atoms with Crippen molar-refractivity contribution in [1.82, 2.24) is 30.3 Å². The number of amides is 4. The first-order valence-electron chi connectivity index (χ1n) is 11.1. The first kappa shape index (κ1) is 21.6. The van der Waals surface area contributed by atoms with E-state index in [-0.39, 0.29) is 24.8 Å². The highest BCUT2D eigenvalue weighted by Crippen LogP contribution is 2.35. The zero-order chi connectivity index (χ0) is 25.2. The number of benzene rings is 1. The molecule has 1 saturated heterocycles. The van der Waals surface area contributed by atoms with Gasteiger partial charge < -0.3 is 25.1 Å². The van der Waals surface area contributed by atoms with Crippen LogP contribution in [0.15, 0.2) is 46.9 Å². The molecule has 5 heterocycles. The second-order valence-electron chi connectivity index (χ2n) is 8.78. The third-order valence-corrected chi connectivity index (χ3v) is 6.47. The van der Waals surface area contributed by atoms with Crippen LogP contribution in [0.5, 0.6) is 5.75 Å². The lowest BCUT2D eigenvalue weighted by Gasteiger charge is -2.28. The van der Waals surface area contributed by atoms with Crippen LogP contribution in [-0.2, 0) is 16.9 Å². The van der Waals surface area contributed by atoms with Gasteiger partial charge >= 0.3 is 6.03 Å². The van der Waals surface area contributed by atoms with Gasteiger partial charge in [-0.2, -0.15) is 0 Å². The van der Waals surface area contributed by atoms with E-state index in [1.165, 1.54) is 12.0 Å². The molecule has 36 heavy (non-hydrogen) atoms. The quantitative estimate of drug-likeness (QED) is 0.358. The number of imide groups is 1. The summed E-state index contributed by atoms with van der Waals surface area (Å²) < 4.78 is 12.8. The second-order valence-corrected chi connectivity index (χ2v) is 8.78. The molecule has 0 spiro atoms. The van der Waals surface area contributed by atoms with E-state index in [0.717, 1.165) is 11.3 Å². The number of hydrogen-bond acceptors (Lipinski definition) is 8. The first-order valence-corrected chi connectivity index (χ1v) is 11.1. The van der Waals surface area contributed by atoms with E-state index >= 15 is 0 Å². The molecule has 0 radical (unpaired) electrons. The van der Waals surface area contributed by atoms with E-state index in [2.05, 4.69) is 20.7 Å². The van der Waals surface area contributed by atoms with Crippen molar-refractivity contribution in [3.05, 3.63) is 65.0 Å². The Morgan fingerprint density at radius 1 is 1.17 bits per heavy atom. The maximum absolute atomic E-state index is 13.2. The van der Waals surface area contributed by atoms with Gasteiger partial charge in [-0.25, -0.2) is 14.5 Å². The fraction of sp³-hybridized carbons (Fsp3) is 0.208. The van der Waals surface area contributed by atoms with Gasteiger partial charge in [-0.1, -0.05) is 6.07 Å². The first-order chi connectivity index (χ1) is 17.3. The van der Waals surface area contributed by atoms with Gasteiger partial charge in [0, 0.05) is 29.9 Å². The fourth-order valence-corrected chi connectivity index (χ4v) is 4.71. The van der Waals surface area contributed by atoms with Crippen molar-refractivity contribution >= 4 is 34.8 Å². The molecular weight excluding hydrogens is 466 g/mol. The van der Waals surface area contributed by atoms with Gasteiger partial charge in [0.25, 0.3) is 11.8 Å². The molecule has 182 valence electrons. The Kier molecular flexibility index (Phi) is 4.55. The molecule has 0 saturated carbocycles. The number of nitrogens with two attached hydrogens (primary N) is 1. The molecule has 1 aromatic carbocycles. The molecule has 4 amide bonds. The summed E-state index contributed by atoms with van der Waals surface area (Å²) in [6.07, 6.45) is 0. The minimum atomic E-state index is -1.63. The monoisotopic (exact) mass is 487 g/mol. The van der Waals surface area contributed by atoms with Gasteiger partial charge in [-0.15, -0.1) is 5.10 Å². The number of carbonyl (C=O) groups is 3. The minimum absolute atomic E-state index is 0.137. The highest BCUT2D eigenvalue weighted by molar-refractivity contribution is 6.08. The van der Waals surface area contributed by atoms with Crippen LogP contribution in [0.2, 0.25) is 0 Å². The Labute approximate surface area is 204 Å². The van der Waals surface area contributed by atoms with Crippen molar-refractivity contribution in [2.24, 2.45) is 0 Å². The average Bonchev–Trinajstić information content (AvgIpc) is 3.58. The number of pyridine rings is 1. The summed E-state index contributed by atoms with van der Waals surface area (Å²) in [5, 5.41) is 9.19. The summed E-state index contributed by atoms with van der Waals surface area (Å²) in [7, 11) is 1.52. The number of fused-ring (bicyclic) bond motifs is 2. The smallest absolute Gasteiger partial charge is 0.322 e. The summed E-state index contributed by atoms with van der Waals surface area (Å²) >= 11 is 0. The van der Waals surface area contributed by atoms with Crippen LogP contribution in [0.4, 0.5) is 10.6 Å². The lowest BCUT2D eigenvalue weighted by atomic mass is 9.95. The SMILES string of the molecule is COc1ccc2c(c1)C(=O)N(C[C@@]1(c3cc4nc(-n5nc(N)cc5C)ccc4o3)NC(=O)NC1=O)C2. The van der Waals surface area contributed by atoms with Gasteiger partial charge in [0.15, 0.2) is 16.9 Å². The van der Waals surface area contributed by atoms with Crippen molar-refractivity contribution < 1.29 is 23.5 Å². The van der Waals surface area contributed by atoms with Gasteiger partial charge in [0.05, 0.1) is 13.7 Å². The molecule has 6 rings (SSSR count). The lowest BCUT2D eigenvalue weighted by Crippen LogP contribution is -2.52. The number of carbonyl (C=O) groups excluding carboxylic acids is 3. The topological polar surface area (TPSA) is 158 Å². The highest BCUT2D eigenvalue weighted by Gasteiger charge is 2.53. The van der Waals surface area contributed by atoms with Gasteiger partial charge in [0.1, 0.15) is 22.8 Å². The largest absolute Gasteiger partial charge is 0.497 e. The molecule has 0 bridgehead atoms. The van der Waals surface area contributed by atoms with E-state index in [9.17, 15) is 14.4 Å². The maximum atomic E-state index is 13.2. The van der Waals surface area contributed by atoms with Gasteiger partial charge in [-0.3, -0.25) is 14.9 Å². The number of furan rings is 1. The predicted octanol–water partition coefficient (Wildman–Crippen LogP) is 1.60. The Balaban J connectivity index is 1.39. The summed E-state index contributed by atoms with van der Waals surface area (Å²) in [6, 6.07) is 11.3. The van der Waals surface area contributed by atoms with Crippen molar-refractivity contribution in [3.63, 3.8) is 0 Å². The summed E-state index contributed by atoms with van der Waals surface area (Å²) in [6.45, 7) is 1.98. The lowest BCUT2D eigenvalue weighted by molar-refractivity contribution is -0.125. The van der Waals surface area contributed by atoms with Crippen LogP contribution in [-0.4, -0.2) is 51.2 Å². The maximum Gasteiger partial charge on any atom is 0.322 e. The fourth-order valence-electron chi connectivity index (χ4n) is 4.71. The van der Waals surface area contributed by atoms with Crippen LogP contribution in [0, 0.1) is 6.92 Å². The Hall–Kier alpha value is -4.87. The van der Waals surface area contributed by atoms with Crippen LogP contribution in [0.3, 0.4) is 0 Å². The highest BCUT2D eigenvalue weighted by atomic mass is 16.5. The predicted molar refractivity (Wildman–Crippen MR) is 126 cm³/mol.